The molecular weight excluding hydrogens is 635 g/mol. The number of aliphatic hydroxyl groups excluding tert-OH is 1. The molecular formula is C40H43N3O5S. The highest BCUT2D eigenvalue weighted by Gasteiger charge is 2.38. The van der Waals surface area contributed by atoms with Gasteiger partial charge in [-0.15, -0.1) is 0 Å². The van der Waals surface area contributed by atoms with Gasteiger partial charge in [0.05, 0.1) is 23.7 Å². The van der Waals surface area contributed by atoms with Crippen molar-refractivity contribution in [2.75, 3.05) is 20.1 Å². The van der Waals surface area contributed by atoms with Crippen LogP contribution in [-0.2, 0) is 39.1 Å². The van der Waals surface area contributed by atoms with Crippen molar-refractivity contribution in [3.63, 3.8) is 0 Å². The van der Waals surface area contributed by atoms with E-state index < -0.39 is 16.3 Å². The smallest absolute Gasteiger partial charge is 0.240 e. The molecule has 0 bridgehead atoms. The van der Waals surface area contributed by atoms with E-state index in [9.17, 15) is 13.5 Å². The molecule has 2 heterocycles. The third-order valence-electron chi connectivity index (χ3n) is 9.11. The van der Waals surface area contributed by atoms with Crippen LogP contribution in [0.5, 0.6) is 0 Å². The molecule has 6 rings (SSSR count). The number of hydrogen-bond donors (Lipinski definition) is 2. The average Bonchev–Trinajstić information content (AvgIpc) is 3.15. The molecule has 4 atom stereocenters. The van der Waals surface area contributed by atoms with E-state index in [4.69, 9.17) is 9.47 Å². The van der Waals surface area contributed by atoms with E-state index in [1.807, 2.05) is 91.1 Å². The molecule has 8 nitrogen and oxygen atoms in total. The van der Waals surface area contributed by atoms with Gasteiger partial charge in [0.15, 0.2) is 6.29 Å². The number of nitrogens with one attached hydrogen (secondary N) is 1. The lowest BCUT2D eigenvalue weighted by Gasteiger charge is -2.42. The van der Waals surface area contributed by atoms with Gasteiger partial charge < -0.3 is 19.5 Å². The molecule has 49 heavy (non-hydrogen) atoms. The Morgan fingerprint density at radius 3 is 2.22 bits per heavy atom. The maximum atomic E-state index is 12.9. The summed E-state index contributed by atoms with van der Waals surface area (Å²) in [5.74, 6) is 0.0688. The fraction of sp³-hybridized carbons (Fsp3) is 0.275. The Balaban J connectivity index is 1.20. The van der Waals surface area contributed by atoms with Crippen molar-refractivity contribution < 1.29 is 23.0 Å². The van der Waals surface area contributed by atoms with Gasteiger partial charge >= 0.3 is 0 Å². The van der Waals surface area contributed by atoms with Crippen LogP contribution in [0.4, 0.5) is 0 Å². The molecule has 0 unspecified atom stereocenters. The van der Waals surface area contributed by atoms with Crippen LogP contribution >= 0.6 is 0 Å². The van der Waals surface area contributed by atoms with Gasteiger partial charge in [-0.1, -0.05) is 104 Å². The van der Waals surface area contributed by atoms with Crippen molar-refractivity contribution >= 4 is 10.0 Å². The summed E-state index contributed by atoms with van der Waals surface area (Å²) in [6.45, 7) is 3.90. The van der Waals surface area contributed by atoms with Crippen LogP contribution in [-0.4, -0.2) is 49.6 Å². The number of benzene rings is 4. The second kappa shape index (κ2) is 16.0. The third kappa shape index (κ3) is 8.69. The Morgan fingerprint density at radius 2 is 1.51 bits per heavy atom. The van der Waals surface area contributed by atoms with Gasteiger partial charge in [0.2, 0.25) is 10.0 Å². The number of ether oxygens (including phenoxy) is 2. The van der Waals surface area contributed by atoms with Gasteiger partial charge in [0.25, 0.3) is 0 Å². The van der Waals surface area contributed by atoms with Gasteiger partial charge in [0.1, 0.15) is 0 Å². The van der Waals surface area contributed by atoms with Crippen LogP contribution in [0.2, 0.25) is 0 Å². The van der Waals surface area contributed by atoms with Crippen molar-refractivity contribution in [3.05, 3.63) is 155 Å². The van der Waals surface area contributed by atoms with E-state index in [1.54, 1.807) is 30.3 Å². The first kappa shape index (κ1) is 34.6. The number of hydrogen-bond acceptors (Lipinski definition) is 7. The highest BCUT2D eigenvalue weighted by molar-refractivity contribution is 7.89. The molecule has 1 aliphatic heterocycles. The van der Waals surface area contributed by atoms with Crippen molar-refractivity contribution in [3.8, 4) is 11.1 Å². The molecule has 0 spiro atoms. The Labute approximate surface area is 289 Å². The van der Waals surface area contributed by atoms with Crippen molar-refractivity contribution in [1.82, 2.24) is 14.6 Å². The highest BCUT2D eigenvalue weighted by Crippen LogP contribution is 2.42. The molecule has 9 heteroatoms. The van der Waals surface area contributed by atoms with Crippen LogP contribution in [0.25, 0.3) is 11.1 Å². The van der Waals surface area contributed by atoms with Crippen LogP contribution in [0.1, 0.15) is 47.3 Å². The lowest BCUT2D eigenvalue weighted by Crippen LogP contribution is -2.43. The number of aliphatic hydroxyl groups is 1. The summed E-state index contributed by atoms with van der Waals surface area (Å²) < 4.78 is 41.9. The van der Waals surface area contributed by atoms with Crippen LogP contribution in [0, 0.1) is 5.92 Å². The lowest BCUT2D eigenvalue weighted by molar-refractivity contribution is -0.275. The number of rotatable bonds is 13. The molecule has 0 saturated carbocycles. The maximum Gasteiger partial charge on any atom is 0.240 e. The summed E-state index contributed by atoms with van der Waals surface area (Å²) in [5.41, 5.74) is 6.63. The van der Waals surface area contributed by atoms with Crippen LogP contribution in [0.3, 0.4) is 0 Å². The third-order valence-corrected chi connectivity index (χ3v) is 10.5. The average molecular weight is 678 g/mol. The Bertz CT molecular complexity index is 1890. The number of aromatic nitrogens is 1. The van der Waals surface area contributed by atoms with E-state index in [1.165, 1.54) is 0 Å². The Morgan fingerprint density at radius 1 is 0.816 bits per heavy atom. The molecule has 2 N–H and O–H groups in total. The first-order valence-electron chi connectivity index (χ1n) is 16.6. The summed E-state index contributed by atoms with van der Waals surface area (Å²) in [4.78, 5) is 6.99. The van der Waals surface area contributed by atoms with E-state index in [0.29, 0.717) is 0 Å². The van der Waals surface area contributed by atoms with Gasteiger partial charge in [-0.3, -0.25) is 4.98 Å². The minimum absolute atomic E-state index is 0.00877. The standard InChI is InChI=1S/C40H43N3O5S/c1-29-38(27-43(2)25-23-35-11-8-9-24-41-35)47-40(48-39(29)32-17-15-30(28-44)16-18-32)33-21-19-31(20-22-33)37-14-7-6-10-34(37)26-42-49(45,46)36-12-4-3-5-13-36/h3-22,24,29,38-40,42,44H,23,25-28H2,1-2H3/t29-,38+,39+,40+/m1/s1. The number of nitrogens with zero attached hydrogens (tertiary/aromatic N) is 2. The van der Waals surface area contributed by atoms with Crippen molar-refractivity contribution in [2.45, 2.75) is 49.9 Å². The Hall–Kier alpha value is -4.22. The lowest BCUT2D eigenvalue weighted by atomic mass is 9.90. The fourth-order valence-electron chi connectivity index (χ4n) is 6.21. The van der Waals surface area contributed by atoms with Gasteiger partial charge in [-0.25, -0.2) is 13.1 Å². The molecule has 0 radical (unpaired) electrons. The molecule has 0 aliphatic carbocycles. The minimum Gasteiger partial charge on any atom is -0.392 e. The summed E-state index contributed by atoms with van der Waals surface area (Å²) >= 11 is 0. The quantitative estimate of drug-likeness (QED) is 0.143. The van der Waals surface area contributed by atoms with E-state index >= 15 is 0 Å². The fourth-order valence-corrected chi connectivity index (χ4v) is 7.24. The second-order valence-corrected chi connectivity index (χ2v) is 14.3. The molecule has 1 fully saturated rings. The summed E-state index contributed by atoms with van der Waals surface area (Å²) in [5, 5.41) is 9.60. The topological polar surface area (TPSA) is 101 Å². The van der Waals surface area contributed by atoms with Gasteiger partial charge in [-0.05, 0) is 59.1 Å². The highest BCUT2D eigenvalue weighted by atomic mass is 32.2. The first-order chi connectivity index (χ1) is 23.8. The zero-order valence-electron chi connectivity index (χ0n) is 27.9. The van der Waals surface area contributed by atoms with E-state index in [2.05, 4.69) is 34.6 Å². The monoisotopic (exact) mass is 677 g/mol. The summed E-state index contributed by atoms with van der Waals surface area (Å²) in [7, 11) is -1.54. The molecule has 1 saturated heterocycles. The second-order valence-electron chi connectivity index (χ2n) is 12.6. The molecule has 5 aromatic rings. The van der Waals surface area contributed by atoms with Crippen molar-refractivity contribution in [2.24, 2.45) is 5.92 Å². The van der Waals surface area contributed by atoms with Crippen molar-refractivity contribution in [1.29, 1.82) is 0 Å². The number of sulfonamides is 1. The van der Waals surface area contributed by atoms with Gasteiger partial charge in [-0.2, -0.15) is 0 Å². The van der Waals surface area contributed by atoms with Crippen LogP contribution < -0.4 is 4.72 Å². The minimum atomic E-state index is -3.65. The summed E-state index contributed by atoms with van der Waals surface area (Å²) in [6, 6.07) is 38.2. The molecule has 1 aliphatic rings. The van der Waals surface area contributed by atoms with Gasteiger partial charge in [0, 0.05) is 49.4 Å². The Kier molecular flexibility index (Phi) is 11.3. The first-order valence-corrected chi connectivity index (χ1v) is 18.1. The predicted molar refractivity (Wildman–Crippen MR) is 191 cm³/mol. The van der Waals surface area contributed by atoms with E-state index in [0.717, 1.165) is 58.6 Å². The number of pyridine rings is 1. The molecule has 4 aromatic carbocycles. The summed E-state index contributed by atoms with van der Waals surface area (Å²) in [6.07, 6.45) is 1.77. The van der Waals surface area contributed by atoms with E-state index in [-0.39, 0.29) is 36.2 Å². The normalized spacial score (nSPS) is 19.6. The maximum absolute atomic E-state index is 12.9. The van der Waals surface area contributed by atoms with Crippen LogP contribution in [0.15, 0.2) is 132 Å². The molecule has 1 aromatic heterocycles. The number of likely N-dealkylation sites (N-methyl/N-ethyl adjacent to an activating group) is 1. The zero-order chi connectivity index (χ0) is 34.2. The zero-order valence-corrected chi connectivity index (χ0v) is 28.7. The molecule has 254 valence electrons. The predicted octanol–water partition coefficient (Wildman–Crippen LogP) is 6.69. The largest absolute Gasteiger partial charge is 0.392 e. The SMILES string of the molecule is C[C@@H]1[C@H](CN(C)CCc2ccccn2)O[C@H](c2ccc(-c3ccccc3CNS(=O)(=O)c3ccccc3)cc2)O[C@@H]1c1ccc(CO)cc1. The molecule has 0 amide bonds.